The van der Waals surface area contributed by atoms with Crippen LogP contribution in [0.1, 0.15) is 378 Å². The van der Waals surface area contributed by atoms with Crippen LogP contribution in [0.4, 0.5) is 0 Å². The van der Waals surface area contributed by atoms with Crippen LogP contribution in [-0.4, -0.2) is 0 Å². The first-order chi connectivity index (χ1) is 31.8. The van der Waals surface area contributed by atoms with E-state index in [4.69, 9.17) is 0 Å². The molecule has 6 atom stereocenters. The second-order valence-electron chi connectivity index (χ2n) is 23.2. The number of hydrogen-bond donors (Lipinski definition) is 0. The molecule has 0 aliphatic rings. The molecule has 0 saturated carbocycles. The highest BCUT2D eigenvalue weighted by atomic mass is 14.7. The molecule has 0 rings (SSSR count). The minimum atomic E-state index is 0.387. The van der Waals surface area contributed by atoms with E-state index in [-0.39, 0.29) is 0 Å². The van der Waals surface area contributed by atoms with E-state index < -0.39 is 0 Å². The fraction of sp³-hybridized carbons (Fsp3) is 1.00. The van der Waals surface area contributed by atoms with Crippen LogP contribution in [0.2, 0.25) is 0 Å². The van der Waals surface area contributed by atoms with E-state index >= 15 is 0 Å². The molecule has 0 nitrogen and oxygen atoms in total. The Labute approximate surface area is 416 Å². The topological polar surface area (TPSA) is 0 Å². The van der Waals surface area contributed by atoms with E-state index in [9.17, 15) is 0 Å². The van der Waals surface area contributed by atoms with E-state index in [1.54, 1.807) is 19.3 Å². The van der Waals surface area contributed by atoms with Gasteiger partial charge in [0, 0.05) is 0 Å². The summed E-state index contributed by atoms with van der Waals surface area (Å²) in [6.07, 6.45) is 66.8. The predicted octanol–water partition coefficient (Wildman–Crippen LogP) is 24.6. The van der Waals surface area contributed by atoms with Gasteiger partial charge in [0.15, 0.2) is 0 Å². The Hall–Kier alpha value is 0. The summed E-state index contributed by atoms with van der Waals surface area (Å²) in [5.41, 5.74) is 1.22. The van der Waals surface area contributed by atoms with Crippen molar-refractivity contribution in [1.29, 1.82) is 0 Å². The van der Waals surface area contributed by atoms with Crippen LogP contribution < -0.4 is 0 Å². The Morgan fingerprint density at radius 3 is 0.938 bits per heavy atom. The second-order valence-corrected chi connectivity index (χ2v) is 23.2. The Balaban J connectivity index is 8.92. The van der Waals surface area contributed by atoms with Crippen molar-refractivity contribution in [3.05, 3.63) is 0 Å². The SMILES string of the molecule is CCCCCCCCCCC(CCCCCCCC)(C(CCC)CCC)C(CC(CC)CCC)(C(CC)CCCC)C(CCCCCCC)(CCCCCCCCC)C(C)CCCCC. The molecule has 0 aliphatic carbocycles. The molecule has 0 radical (unpaired) electrons. The standard InChI is InChI=1S/C65H132/c1-13-24-30-34-37-39-43-48-57-64(62(50-20-8)51-21-9,56-47-41-36-32-26-15-3)65(58-60(22-10)49-19-7,61(23-11)53-29-18-6)63(54-45-40-33-27-16-4,59(12)52-44-28-17-5)55-46-42-38-35-31-25-14-2/h59-62H,13-58H2,1-12H3. The Bertz CT molecular complexity index is 944. The van der Waals surface area contributed by atoms with Crippen LogP contribution >= 0.6 is 0 Å². The molecule has 0 saturated heterocycles. The van der Waals surface area contributed by atoms with Crippen LogP contribution in [-0.2, 0) is 0 Å². The third kappa shape index (κ3) is 24.1. The minimum Gasteiger partial charge on any atom is -0.0654 e. The number of hydrogen-bond acceptors (Lipinski definition) is 0. The Morgan fingerprint density at radius 2 is 0.600 bits per heavy atom. The van der Waals surface area contributed by atoms with Gasteiger partial charge < -0.3 is 0 Å². The van der Waals surface area contributed by atoms with Crippen molar-refractivity contribution in [2.45, 2.75) is 378 Å². The lowest BCUT2D eigenvalue weighted by molar-refractivity contribution is -0.218. The molecule has 0 aromatic heterocycles. The van der Waals surface area contributed by atoms with Gasteiger partial charge in [-0.15, -0.1) is 0 Å². The molecule has 65 heavy (non-hydrogen) atoms. The molecule has 0 amide bonds. The lowest BCUT2D eigenvalue weighted by atomic mass is 9.34. The van der Waals surface area contributed by atoms with Gasteiger partial charge in [-0.1, -0.05) is 340 Å². The summed E-state index contributed by atoms with van der Waals surface area (Å²) >= 11 is 0. The highest BCUT2D eigenvalue weighted by Crippen LogP contribution is 2.74. The molecule has 0 aromatic carbocycles. The predicted molar refractivity (Wildman–Crippen MR) is 302 cm³/mol. The van der Waals surface area contributed by atoms with Gasteiger partial charge in [-0.2, -0.15) is 0 Å². The summed E-state index contributed by atoms with van der Waals surface area (Å²) < 4.78 is 0. The summed E-state index contributed by atoms with van der Waals surface area (Å²) in [5, 5.41) is 0. The zero-order chi connectivity index (χ0) is 48.3. The molecule has 0 heterocycles. The third-order valence-corrected chi connectivity index (χ3v) is 18.4. The van der Waals surface area contributed by atoms with Crippen LogP contribution in [0.3, 0.4) is 0 Å². The van der Waals surface area contributed by atoms with Crippen molar-refractivity contribution in [2.24, 2.45) is 39.9 Å². The summed E-state index contributed by atoms with van der Waals surface area (Å²) in [6, 6.07) is 0. The van der Waals surface area contributed by atoms with Crippen LogP contribution in [0.5, 0.6) is 0 Å². The highest BCUT2D eigenvalue weighted by molar-refractivity contribution is 5.15. The first-order valence-corrected chi connectivity index (χ1v) is 31.8. The Kier molecular flexibility index (Phi) is 44.0. The molecule has 0 bridgehead atoms. The first kappa shape index (κ1) is 65.0. The second kappa shape index (κ2) is 44.0. The van der Waals surface area contributed by atoms with Gasteiger partial charge in [-0.3, -0.25) is 0 Å². The summed E-state index contributed by atoms with van der Waals surface area (Å²) in [6.45, 7) is 30.7. The average Bonchev–Trinajstić information content (AvgIpc) is 3.31. The van der Waals surface area contributed by atoms with E-state index in [0.29, 0.717) is 16.2 Å². The molecule has 0 spiro atoms. The monoisotopic (exact) mass is 913 g/mol. The first-order valence-electron chi connectivity index (χ1n) is 31.8. The highest BCUT2D eigenvalue weighted by Gasteiger charge is 2.66. The number of rotatable bonds is 52. The van der Waals surface area contributed by atoms with E-state index in [2.05, 4.69) is 83.1 Å². The minimum absolute atomic E-state index is 0.387. The fourth-order valence-corrected chi connectivity index (χ4v) is 14.9. The van der Waals surface area contributed by atoms with Gasteiger partial charge in [0.2, 0.25) is 0 Å². The zero-order valence-corrected chi connectivity index (χ0v) is 48.3. The molecule has 0 aromatic rings. The molecule has 0 N–H and O–H groups in total. The van der Waals surface area contributed by atoms with Gasteiger partial charge in [-0.05, 0) is 78.4 Å². The van der Waals surface area contributed by atoms with Crippen molar-refractivity contribution in [3.8, 4) is 0 Å². The summed E-state index contributed by atoms with van der Waals surface area (Å²) in [5.74, 6) is 3.37. The summed E-state index contributed by atoms with van der Waals surface area (Å²) in [7, 11) is 0. The normalized spacial score (nSPS) is 16.4. The molecule has 0 aliphatic heterocycles. The van der Waals surface area contributed by atoms with Crippen LogP contribution in [0.15, 0.2) is 0 Å². The molecule has 392 valence electrons. The lowest BCUT2D eigenvalue weighted by Gasteiger charge is -2.70. The maximum Gasteiger partial charge on any atom is -0.0148 e. The molecular weight excluding hydrogens is 781 g/mol. The smallest absolute Gasteiger partial charge is 0.0148 e. The maximum absolute atomic E-state index is 2.94. The van der Waals surface area contributed by atoms with E-state index in [0.717, 1.165) is 23.7 Å². The van der Waals surface area contributed by atoms with Crippen molar-refractivity contribution < 1.29 is 0 Å². The fourth-order valence-electron chi connectivity index (χ4n) is 14.9. The maximum atomic E-state index is 2.94. The van der Waals surface area contributed by atoms with Crippen molar-refractivity contribution in [3.63, 3.8) is 0 Å². The van der Waals surface area contributed by atoms with Gasteiger partial charge in [0.1, 0.15) is 0 Å². The lowest BCUT2D eigenvalue weighted by Crippen LogP contribution is -2.63. The molecule has 6 unspecified atom stereocenters. The van der Waals surface area contributed by atoms with Crippen LogP contribution in [0, 0.1) is 39.9 Å². The van der Waals surface area contributed by atoms with Gasteiger partial charge in [0.05, 0.1) is 0 Å². The number of unbranched alkanes of at least 4 members (excludes halogenated alkanes) is 25. The molecule has 0 fully saturated rings. The zero-order valence-electron chi connectivity index (χ0n) is 48.3. The van der Waals surface area contributed by atoms with Gasteiger partial charge in [-0.25, -0.2) is 0 Å². The van der Waals surface area contributed by atoms with Crippen LogP contribution in [0.25, 0.3) is 0 Å². The average molecular weight is 914 g/mol. The van der Waals surface area contributed by atoms with E-state index in [1.165, 1.54) is 276 Å². The molecular formula is C65H132. The van der Waals surface area contributed by atoms with E-state index in [1.807, 2.05) is 0 Å². The molecule has 0 heteroatoms. The van der Waals surface area contributed by atoms with Gasteiger partial charge >= 0.3 is 0 Å². The third-order valence-electron chi connectivity index (χ3n) is 18.4. The quantitative estimate of drug-likeness (QED) is 0.0534. The largest absolute Gasteiger partial charge is 0.0654 e. The van der Waals surface area contributed by atoms with Crippen molar-refractivity contribution in [1.82, 2.24) is 0 Å². The summed E-state index contributed by atoms with van der Waals surface area (Å²) in [4.78, 5) is 0. The van der Waals surface area contributed by atoms with Crippen molar-refractivity contribution >= 4 is 0 Å². The Morgan fingerprint density at radius 1 is 0.262 bits per heavy atom. The van der Waals surface area contributed by atoms with Gasteiger partial charge in [0.25, 0.3) is 0 Å². The van der Waals surface area contributed by atoms with Crippen molar-refractivity contribution in [2.75, 3.05) is 0 Å².